The summed E-state index contributed by atoms with van der Waals surface area (Å²) in [5.74, 6) is 0.455. The van der Waals surface area contributed by atoms with Gasteiger partial charge in [-0.15, -0.1) is 0 Å². The summed E-state index contributed by atoms with van der Waals surface area (Å²) in [5.41, 5.74) is 0.617. The molecule has 1 saturated heterocycles. The number of hydrogen-bond donors (Lipinski definition) is 1. The van der Waals surface area contributed by atoms with Gasteiger partial charge in [-0.2, -0.15) is 4.98 Å². The Morgan fingerprint density at radius 1 is 1.40 bits per heavy atom. The van der Waals surface area contributed by atoms with E-state index in [2.05, 4.69) is 15.5 Å². The lowest BCUT2D eigenvalue weighted by Crippen LogP contribution is -2.31. The van der Waals surface area contributed by atoms with Crippen molar-refractivity contribution in [2.24, 2.45) is 0 Å². The highest BCUT2D eigenvalue weighted by Crippen LogP contribution is 2.27. The zero-order chi connectivity index (χ0) is 14.1. The van der Waals surface area contributed by atoms with E-state index in [1.807, 2.05) is 7.05 Å². The average Bonchev–Trinajstić information content (AvgIpc) is 3.09. The van der Waals surface area contributed by atoms with Crippen LogP contribution in [0.2, 0.25) is 5.02 Å². The van der Waals surface area contributed by atoms with Crippen LogP contribution in [-0.2, 0) is 4.74 Å². The molecule has 0 aliphatic carbocycles. The van der Waals surface area contributed by atoms with Crippen LogP contribution in [0, 0.1) is 5.82 Å². The third-order valence-corrected chi connectivity index (χ3v) is 3.68. The van der Waals surface area contributed by atoms with E-state index in [4.69, 9.17) is 20.9 Å². The summed E-state index contributed by atoms with van der Waals surface area (Å²) in [6.45, 7) is 1.15. The van der Waals surface area contributed by atoms with Crippen molar-refractivity contribution in [1.29, 1.82) is 0 Å². The number of rotatable bonds is 3. The van der Waals surface area contributed by atoms with Crippen molar-refractivity contribution in [2.75, 3.05) is 20.3 Å². The highest BCUT2D eigenvalue weighted by atomic mass is 35.5. The summed E-state index contributed by atoms with van der Waals surface area (Å²) >= 11 is 5.75. The number of benzene rings is 1. The van der Waals surface area contributed by atoms with Crippen LogP contribution in [0.3, 0.4) is 0 Å². The van der Waals surface area contributed by atoms with Gasteiger partial charge in [0.05, 0.1) is 24.2 Å². The molecule has 1 aromatic heterocycles. The highest BCUT2D eigenvalue weighted by molar-refractivity contribution is 6.31. The number of hydrogen-bond acceptors (Lipinski definition) is 5. The first kappa shape index (κ1) is 13.5. The highest BCUT2D eigenvalue weighted by Gasteiger charge is 2.33. The average molecular weight is 298 g/mol. The minimum Gasteiger partial charge on any atom is -0.379 e. The van der Waals surface area contributed by atoms with Gasteiger partial charge in [0.25, 0.3) is 0 Å². The molecular weight excluding hydrogens is 285 g/mol. The van der Waals surface area contributed by atoms with Gasteiger partial charge in [0.1, 0.15) is 5.82 Å². The molecule has 0 radical (unpaired) electrons. The van der Waals surface area contributed by atoms with Gasteiger partial charge in [0.15, 0.2) is 0 Å². The summed E-state index contributed by atoms with van der Waals surface area (Å²) in [6, 6.07) is 4.48. The van der Waals surface area contributed by atoms with Gasteiger partial charge in [-0.3, -0.25) is 0 Å². The van der Waals surface area contributed by atoms with Gasteiger partial charge >= 0.3 is 0 Å². The maximum Gasteiger partial charge on any atom is 0.234 e. The number of aromatic nitrogens is 2. The van der Waals surface area contributed by atoms with Crippen LogP contribution in [0.15, 0.2) is 22.7 Å². The molecule has 1 aromatic carbocycles. The summed E-state index contributed by atoms with van der Waals surface area (Å²) in [5, 5.41) is 7.11. The molecule has 1 N–H and O–H groups in total. The lowest BCUT2D eigenvalue weighted by Gasteiger charge is -2.11. The number of nitrogens with zero attached hydrogens (tertiary/aromatic N) is 2. The number of halogens is 2. The monoisotopic (exact) mass is 297 g/mol. The largest absolute Gasteiger partial charge is 0.379 e. The first-order chi connectivity index (χ1) is 9.69. The Morgan fingerprint density at radius 2 is 2.25 bits per heavy atom. The standard InChI is InChI=1S/C13H13ClFN3O2/c1-16-11-6-19-5-8(11)13-17-12(18-20-13)7-2-3-10(15)9(14)4-7/h2-4,8,11,16H,5-6H2,1H3. The lowest BCUT2D eigenvalue weighted by atomic mass is 10.0. The smallest absolute Gasteiger partial charge is 0.234 e. The predicted molar refractivity (Wildman–Crippen MR) is 71.1 cm³/mol. The predicted octanol–water partition coefficient (Wildman–Crippen LogP) is 2.23. The second-order valence-electron chi connectivity index (χ2n) is 4.62. The molecule has 0 bridgehead atoms. The Labute approximate surface area is 120 Å². The molecule has 0 spiro atoms. The van der Waals surface area contributed by atoms with Gasteiger partial charge < -0.3 is 14.6 Å². The van der Waals surface area contributed by atoms with E-state index in [-0.39, 0.29) is 17.0 Å². The molecule has 1 aliphatic heterocycles. The molecule has 7 heteroatoms. The number of nitrogens with one attached hydrogen (secondary N) is 1. The second-order valence-corrected chi connectivity index (χ2v) is 5.03. The fourth-order valence-electron chi connectivity index (χ4n) is 2.22. The van der Waals surface area contributed by atoms with Gasteiger partial charge in [0, 0.05) is 11.6 Å². The molecule has 20 heavy (non-hydrogen) atoms. The molecule has 2 heterocycles. The zero-order valence-electron chi connectivity index (χ0n) is 10.8. The van der Waals surface area contributed by atoms with E-state index < -0.39 is 5.82 Å². The second kappa shape index (κ2) is 5.47. The summed E-state index contributed by atoms with van der Waals surface area (Å²) < 4.78 is 23.8. The summed E-state index contributed by atoms with van der Waals surface area (Å²) in [6.07, 6.45) is 0. The SMILES string of the molecule is CNC1COCC1c1nc(-c2ccc(F)c(Cl)c2)no1. The minimum absolute atomic E-state index is 0.0252. The van der Waals surface area contributed by atoms with E-state index >= 15 is 0 Å². The molecule has 106 valence electrons. The first-order valence-corrected chi connectivity index (χ1v) is 6.61. The maximum atomic E-state index is 13.1. The summed E-state index contributed by atoms with van der Waals surface area (Å²) in [7, 11) is 1.86. The van der Waals surface area contributed by atoms with Crippen LogP contribution in [0.5, 0.6) is 0 Å². The molecule has 5 nitrogen and oxygen atoms in total. The minimum atomic E-state index is -0.474. The maximum absolute atomic E-state index is 13.1. The van der Waals surface area contributed by atoms with Crippen LogP contribution < -0.4 is 5.32 Å². The molecule has 2 atom stereocenters. The quantitative estimate of drug-likeness (QED) is 0.941. The molecule has 0 saturated carbocycles. The third-order valence-electron chi connectivity index (χ3n) is 3.39. The van der Waals surface area contributed by atoms with Gasteiger partial charge in [-0.05, 0) is 25.2 Å². The molecule has 1 fully saturated rings. The van der Waals surface area contributed by atoms with Crippen molar-refractivity contribution in [1.82, 2.24) is 15.5 Å². The lowest BCUT2D eigenvalue weighted by molar-refractivity contribution is 0.185. The van der Waals surface area contributed by atoms with Gasteiger partial charge in [-0.1, -0.05) is 16.8 Å². The fraction of sp³-hybridized carbons (Fsp3) is 0.385. The van der Waals surface area contributed by atoms with Crippen molar-refractivity contribution < 1.29 is 13.7 Å². The van der Waals surface area contributed by atoms with Crippen molar-refractivity contribution in [3.63, 3.8) is 0 Å². The zero-order valence-corrected chi connectivity index (χ0v) is 11.5. The Kier molecular flexibility index (Phi) is 3.69. The van der Waals surface area contributed by atoms with E-state index in [1.54, 1.807) is 6.07 Å². The molecule has 2 unspecified atom stereocenters. The van der Waals surface area contributed by atoms with Crippen molar-refractivity contribution in [3.05, 3.63) is 34.9 Å². The van der Waals surface area contributed by atoms with E-state index in [1.165, 1.54) is 12.1 Å². The first-order valence-electron chi connectivity index (χ1n) is 6.23. The molecular formula is C13H13ClFN3O2. The Hall–Kier alpha value is -1.50. The van der Waals surface area contributed by atoms with Crippen molar-refractivity contribution in [2.45, 2.75) is 12.0 Å². The molecule has 3 rings (SSSR count). The van der Waals surface area contributed by atoms with Crippen LogP contribution in [0.1, 0.15) is 11.8 Å². The van der Waals surface area contributed by atoms with Crippen LogP contribution in [0.4, 0.5) is 4.39 Å². The summed E-state index contributed by atoms with van der Waals surface area (Å²) in [4.78, 5) is 4.35. The molecule has 1 aliphatic rings. The Bertz CT molecular complexity index is 619. The van der Waals surface area contributed by atoms with Crippen LogP contribution in [0.25, 0.3) is 11.4 Å². The van der Waals surface area contributed by atoms with Crippen LogP contribution >= 0.6 is 11.6 Å². The third kappa shape index (κ3) is 2.42. The fourth-order valence-corrected chi connectivity index (χ4v) is 2.40. The van der Waals surface area contributed by atoms with E-state index in [0.29, 0.717) is 30.5 Å². The van der Waals surface area contributed by atoms with Gasteiger partial charge in [0.2, 0.25) is 11.7 Å². The Balaban J connectivity index is 1.88. The Morgan fingerprint density at radius 3 is 3.00 bits per heavy atom. The van der Waals surface area contributed by atoms with Crippen molar-refractivity contribution in [3.8, 4) is 11.4 Å². The normalized spacial score (nSPS) is 22.4. The number of likely N-dealkylation sites (N-methyl/N-ethyl adjacent to an activating group) is 1. The number of ether oxygens (including phenoxy) is 1. The van der Waals surface area contributed by atoms with Gasteiger partial charge in [-0.25, -0.2) is 4.39 Å². The van der Waals surface area contributed by atoms with Crippen LogP contribution in [-0.4, -0.2) is 36.4 Å². The molecule has 0 amide bonds. The molecule has 2 aromatic rings. The van der Waals surface area contributed by atoms with E-state index in [9.17, 15) is 4.39 Å². The topological polar surface area (TPSA) is 60.2 Å². The van der Waals surface area contributed by atoms with E-state index in [0.717, 1.165) is 0 Å². The van der Waals surface area contributed by atoms with Crippen molar-refractivity contribution >= 4 is 11.6 Å².